The lowest BCUT2D eigenvalue weighted by atomic mass is 9.83. The van der Waals surface area contributed by atoms with Crippen LogP contribution in [0.1, 0.15) is 51.0 Å². The van der Waals surface area contributed by atoms with Crippen LogP contribution in [0.3, 0.4) is 0 Å². The Kier molecular flexibility index (Phi) is 3.74. The van der Waals surface area contributed by atoms with Gasteiger partial charge in [-0.05, 0) is 50.6 Å². The highest BCUT2D eigenvalue weighted by molar-refractivity contribution is 5.39. The van der Waals surface area contributed by atoms with E-state index in [-0.39, 0.29) is 0 Å². The van der Waals surface area contributed by atoms with E-state index in [9.17, 15) is 0 Å². The van der Waals surface area contributed by atoms with Gasteiger partial charge in [0.2, 0.25) is 0 Å². The maximum Gasteiger partial charge on any atom is 0.0377 e. The van der Waals surface area contributed by atoms with Crippen LogP contribution < -0.4 is 5.32 Å². The van der Waals surface area contributed by atoms with E-state index in [2.05, 4.69) is 48.6 Å². The predicted octanol–water partition coefficient (Wildman–Crippen LogP) is 4.20. The molecule has 102 valence electrons. The van der Waals surface area contributed by atoms with E-state index < -0.39 is 0 Å². The molecule has 0 aliphatic heterocycles. The van der Waals surface area contributed by atoms with E-state index in [1.54, 1.807) is 5.57 Å². The highest BCUT2D eigenvalue weighted by atomic mass is 15.0. The van der Waals surface area contributed by atoms with Gasteiger partial charge in [-0.3, -0.25) is 0 Å². The lowest BCUT2D eigenvalue weighted by Crippen LogP contribution is -2.41. The molecule has 1 atom stereocenters. The molecule has 0 bridgehead atoms. The van der Waals surface area contributed by atoms with Gasteiger partial charge in [0.05, 0.1) is 0 Å². The van der Waals surface area contributed by atoms with Gasteiger partial charge in [-0.15, -0.1) is 0 Å². The zero-order valence-corrected chi connectivity index (χ0v) is 12.0. The highest BCUT2D eigenvalue weighted by Crippen LogP contribution is 2.53. The Labute approximate surface area is 117 Å². The van der Waals surface area contributed by atoms with Gasteiger partial charge in [-0.1, -0.05) is 48.9 Å². The molecule has 2 aliphatic rings. The molecule has 3 rings (SSSR count). The molecule has 1 nitrogen and oxygen atoms in total. The van der Waals surface area contributed by atoms with Crippen molar-refractivity contribution in [1.82, 2.24) is 5.32 Å². The highest BCUT2D eigenvalue weighted by Gasteiger charge is 2.51. The average Bonchev–Trinajstić information content (AvgIpc) is 3.08. The summed E-state index contributed by atoms with van der Waals surface area (Å²) < 4.78 is 0. The molecule has 1 aromatic carbocycles. The lowest BCUT2D eigenvalue weighted by Gasteiger charge is -2.30. The number of rotatable bonds is 6. The predicted molar refractivity (Wildman–Crippen MR) is 81.4 cm³/mol. The molecule has 0 radical (unpaired) electrons. The van der Waals surface area contributed by atoms with Gasteiger partial charge in [0.25, 0.3) is 0 Å². The molecular weight excluding hydrogens is 230 g/mol. The van der Waals surface area contributed by atoms with Crippen LogP contribution in [0.5, 0.6) is 0 Å². The Morgan fingerprint density at radius 3 is 2.58 bits per heavy atom. The summed E-state index contributed by atoms with van der Waals surface area (Å²) in [5.41, 5.74) is 3.61. The largest absolute Gasteiger partial charge is 0.309 e. The Hall–Kier alpha value is -1.08. The first-order valence-electron chi connectivity index (χ1n) is 7.84. The SMILES string of the molecule is CCCNC(C1=CCCC1)C1(c2ccccc2)CC1. The van der Waals surface area contributed by atoms with Crippen LogP contribution in [0.4, 0.5) is 0 Å². The number of allylic oxidation sites excluding steroid dienone is 1. The molecule has 19 heavy (non-hydrogen) atoms. The Bertz CT molecular complexity index is 442. The van der Waals surface area contributed by atoms with Gasteiger partial charge in [0.1, 0.15) is 0 Å². The first-order chi connectivity index (χ1) is 9.37. The quantitative estimate of drug-likeness (QED) is 0.751. The summed E-state index contributed by atoms with van der Waals surface area (Å²) in [5.74, 6) is 0. The Morgan fingerprint density at radius 1 is 1.21 bits per heavy atom. The monoisotopic (exact) mass is 255 g/mol. The minimum atomic E-state index is 0.395. The summed E-state index contributed by atoms with van der Waals surface area (Å²) in [4.78, 5) is 0. The molecule has 1 saturated carbocycles. The summed E-state index contributed by atoms with van der Waals surface area (Å²) >= 11 is 0. The second kappa shape index (κ2) is 5.50. The third kappa shape index (κ3) is 2.49. The van der Waals surface area contributed by atoms with Crippen LogP contribution in [0.25, 0.3) is 0 Å². The van der Waals surface area contributed by atoms with Crippen molar-refractivity contribution in [3.63, 3.8) is 0 Å². The second-order valence-corrected chi connectivity index (χ2v) is 6.08. The number of hydrogen-bond donors (Lipinski definition) is 1. The molecule has 0 spiro atoms. The summed E-state index contributed by atoms with van der Waals surface area (Å²) in [6.07, 6.45) is 10.3. The number of benzene rings is 1. The van der Waals surface area contributed by atoms with E-state index >= 15 is 0 Å². The van der Waals surface area contributed by atoms with E-state index in [0.717, 1.165) is 6.54 Å². The van der Waals surface area contributed by atoms with Crippen molar-refractivity contribution >= 4 is 0 Å². The molecule has 1 aromatic rings. The average molecular weight is 255 g/mol. The van der Waals surface area contributed by atoms with Gasteiger partial charge in [-0.25, -0.2) is 0 Å². The normalized spacial score (nSPS) is 22.1. The standard InChI is InChI=1S/C18H25N/c1-2-14-19-17(15-8-6-7-9-15)18(12-13-18)16-10-4-3-5-11-16/h3-5,8,10-11,17,19H,2,6-7,9,12-14H2,1H3. The molecule has 1 fully saturated rings. The van der Waals surface area contributed by atoms with Gasteiger partial charge < -0.3 is 5.32 Å². The summed E-state index contributed by atoms with van der Waals surface area (Å²) in [6.45, 7) is 3.39. The van der Waals surface area contributed by atoms with E-state index in [0.29, 0.717) is 11.5 Å². The Balaban J connectivity index is 1.86. The topological polar surface area (TPSA) is 12.0 Å². The first-order valence-corrected chi connectivity index (χ1v) is 7.84. The molecule has 1 N–H and O–H groups in total. The van der Waals surface area contributed by atoms with Gasteiger partial charge in [-0.2, -0.15) is 0 Å². The van der Waals surface area contributed by atoms with E-state index in [1.807, 2.05) is 0 Å². The van der Waals surface area contributed by atoms with Crippen LogP contribution >= 0.6 is 0 Å². The fourth-order valence-electron chi connectivity index (χ4n) is 3.58. The van der Waals surface area contributed by atoms with E-state index in [1.165, 1.54) is 44.1 Å². The minimum absolute atomic E-state index is 0.395. The fraction of sp³-hybridized carbons (Fsp3) is 0.556. The van der Waals surface area contributed by atoms with E-state index in [4.69, 9.17) is 0 Å². The van der Waals surface area contributed by atoms with Crippen LogP contribution in [-0.4, -0.2) is 12.6 Å². The van der Waals surface area contributed by atoms with Crippen LogP contribution in [0, 0.1) is 0 Å². The molecule has 0 saturated heterocycles. The second-order valence-electron chi connectivity index (χ2n) is 6.08. The first kappa shape index (κ1) is 12.9. The van der Waals surface area contributed by atoms with Crippen molar-refractivity contribution in [3.05, 3.63) is 47.5 Å². The molecular formula is C18H25N. The zero-order chi connectivity index (χ0) is 13.1. The van der Waals surface area contributed by atoms with Crippen LogP contribution in [0.2, 0.25) is 0 Å². The maximum atomic E-state index is 3.84. The van der Waals surface area contributed by atoms with Crippen molar-refractivity contribution < 1.29 is 0 Å². The lowest BCUT2D eigenvalue weighted by molar-refractivity contribution is 0.456. The Morgan fingerprint density at radius 2 is 2.00 bits per heavy atom. The fourth-order valence-corrected chi connectivity index (χ4v) is 3.58. The van der Waals surface area contributed by atoms with Gasteiger partial charge in [0, 0.05) is 11.5 Å². The minimum Gasteiger partial charge on any atom is -0.309 e. The van der Waals surface area contributed by atoms with Crippen molar-refractivity contribution in [2.75, 3.05) is 6.54 Å². The van der Waals surface area contributed by atoms with Crippen molar-refractivity contribution in [3.8, 4) is 0 Å². The molecule has 0 amide bonds. The summed E-state index contributed by atoms with van der Waals surface area (Å²) in [5, 5.41) is 3.84. The number of hydrogen-bond acceptors (Lipinski definition) is 1. The van der Waals surface area contributed by atoms with Crippen LogP contribution in [0.15, 0.2) is 42.0 Å². The number of nitrogens with one attached hydrogen (secondary N) is 1. The summed E-state index contributed by atoms with van der Waals surface area (Å²) in [6, 6.07) is 11.7. The molecule has 2 aliphatic carbocycles. The smallest absolute Gasteiger partial charge is 0.0377 e. The van der Waals surface area contributed by atoms with Gasteiger partial charge >= 0.3 is 0 Å². The zero-order valence-electron chi connectivity index (χ0n) is 12.0. The van der Waals surface area contributed by atoms with Crippen LogP contribution in [-0.2, 0) is 5.41 Å². The molecule has 1 heteroatoms. The third-order valence-corrected chi connectivity index (χ3v) is 4.74. The molecule has 0 aromatic heterocycles. The maximum absolute atomic E-state index is 3.84. The molecule has 0 heterocycles. The third-order valence-electron chi connectivity index (χ3n) is 4.74. The van der Waals surface area contributed by atoms with Gasteiger partial charge in [0.15, 0.2) is 0 Å². The summed E-state index contributed by atoms with van der Waals surface area (Å²) in [7, 11) is 0. The van der Waals surface area contributed by atoms with Crippen molar-refractivity contribution in [1.29, 1.82) is 0 Å². The van der Waals surface area contributed by atoms with Crippen molar-refractivity contribution in [2.45, 2.75) is 56.9 Å². The van der Waals surface area contributed by atoms with Crippen molar-refractivity contribution in [2.24, 2.45) is 0 Å². The molecule has 1 unspecified atom stereocenters.